The van der Waals surface area contributed by atoms with Crippen LogP contribution in [-0.2, 0) is 15.7 Å². The number of hydrogen-bond donors (Lipinski definition) is 1. The van der Waals surface area contributed by atoms with Crippen LogP contribution in [0.5, 0.6) is 0 Å². The van der Waals surface area contributed by atoms with Crippen LogP contribution in [0.15, 0.2) is 72.8 Å². The van der Waals surface area contributed by atoms with E-state index in [1.165, 1.54) is 24.3 Å². The summed E-state index contributed by atoms with van der Waals surface area (Å²) >= 11 is 0. The number of nitrogens with zero attached hydrogens (tertiary/aromatic N) is 4. The van der Waals surface area contributed by atoms with Crippen molar-refractivity contribution in [1.29, 1.82) is 0 Å². The van der Waals surface area contributed by atoms with Gasteiger partial charge in [-0.1, -0.05) is 18.2 Å². The summed E-state index contributed by atoms with van der Waals surface area (Å²) in [5, 5.41) is 3.39. The molecule has 0 unspecified atom stereocenters. The molecule has 1 N–H and O–H groups in total. The molecule has 3 aromatic carbocycles. The molecule has 0 bridgehead atoms. The lowest BCUT2D eigenvalue weighted by atomic mass is 10.1. The van der Waals surface area contributed by atoms with Crippen LogP contribution in [0.4, 0.5) is 29.1 Å². The van der Waals surface area contributed by atoms with E-state index in [0.717, 1.165) is 43.6 Å². The van der Waals surface area contributed by atoms with E-state index in [-0.39, 0.29) is 24.5 Å². The fourth-order valence-corrected chi connectivity index (χ4v) is 4.90. The Bertz CT molecular complexity index is 1510. The van der Waals surface area contributed by atoms with E-state index in [1.54, 1.807) is 12.1 Å². The molecule has 42 heavy (non-hydrogen) atoms. The highest BCUT2D eigenvalue weighted by Gasteiger charge is 2.30. The summed E-state index contributed by atoms with van der Waals surface area (Å²) in [7, 11) is 0. The Hall–Kier alpha value is -4.09. The van der Waals surface area contributed by atoms with Crippen LogP contribution in [0.1, 0.15) is 18.4 Å². The highest BCUT2D eigenvalue weighted by molar-refractivity contribution is 5.93. The second-order valence-electron chi connectivity index (χ2n) is 10.1. The predicted molar refractivity (Wildman–Crippen MR) is 154 cm³/mol. The minimum Gasteiger partial charge on any atom is -0.379 e. The number of morpholine rings is 1. The van der Waals surface area contributed by atoms with Crippen molar-refractivity contribution < 1.29 is 27.1 Å². The molecule has 2 heterocycles. The number of alkyl halides is 3. The summed E-state index contributed by atoms with van der Waals surface area (Å²) in [6, 6.07) is 18.1. The average Bonchev–Trinajstić information content (AvgIpc) is 2.99. The maximum atomic E-state index is 13.6. The Morgan fingerprint density at radius 2 is 1.71 bits per heavy atom. The molecule has 220 valence electrons. The molecule has 0 atom stereocenters. The molecule has 1 aliphatic rings. The molecule has 1 aliphatic heterocycles. The lowest BCUT2D eigenvalue weighted by Gasteiger charge is -2.29. The fraction of sp³-hybridized carbons (Fsp3) is 0.323. The molecule has 11 heteroatoms. The van der Waals surface area contributed by atoms with E-state index >= 15 is 0 Å². The number of carbonyl (C=O) groups is 1. The average molecular weight is 582 g/mol. The number of ether oxygens (including phenoxy) is 1. The topological polar surface area (TPSA) is 70.6 Å². The van der Waals surface area contributed by atoms with Gasteiger partial charge in [-0.15, -0.1) is 0 Å². The number of rotatable bonds is 10. The molecule has 1 amide bonds. The Morgan fingerprint density at radius 1 is 0.952 bits per heavy atom. The first kappa shape index (κ1) is 29.4. The van der Waals surface area contributed by atoms with Gasteiger partial charge in [0.2, 0.25) is 5.91 Å². The lowest BCUT2D eigenvalue weighted by molar-refractivity contribution is -0.137. The van der Waals surface area contributed by atoms with E-state index in [2.05, 4.69) is 10.2 Å². The van der Waals surface area contributed by atoms with E-state index in [9.17, 15) is 22.4 Å². The molecular formula is C31H31F4N5O2. The van der Waals surface area contributed by atoms with E-state index < -0.39 is 17.6 Å². The standard InChI is InChI=1S/C31H31F4N5O2/c32-24-11-9-22(10-12-24)29-37-27-8-2-1-7-26(27)30(38-29)40(15-4-14-39-17-19-42-20-18-39)16-13-28(41)36-25-6-3-5-23(21-25)31(33,34)35/h1-3,5-12,21H,4,13-20H2,(H,36,41). The lowest BCUT2D eigenvalue weighted by Crippen LogP contribution is -2.38. The summed E-state index contributed by atoms with van der Waals surface area (Å²) in [4.78, 5) is 26.8. The van der Waals surface area contributed by atoms with Crippen molar-refractivity contribution in [1.82, 2.24) is 14.9 Å². The summed E-state index contributed by atoms with van der Waals surface area (Å²) in [6.07, 6.45) is -3.69. The first-order chi connectivity index (χ1) is 20.3. The van der Waals surface area contributed by atoms with Gasteiger partial charge in [0.1, 0.15) is 11.6 Å². The van der Waals surface area contributed by atoms with E-state index in [0.29, 0.717) is 42.5 Å². The molecule has 0 spiro atoms. The summed E-state index contributed by atoms with van der Waals surface area (Å²) in [5.41, 5.74) is 0.609. The zero-order valence-electron chi connectivity index (χ0n) is 22.9. The number of aromatic nitrogens is 2. The Kier molecular flexibility index (Phi) is 9.28. The van der Waals surface area contributed by atoms with Gasteiger partial charge < -0.3 is 15.0 Å². The molecule has 0 radical (unpaired) electrons. The van der Waals surface area contributed by atoms with Gasteiger partial charge in [0.25, 0.3) is 0 Å². The zero-order chi connectivity index (χ0) is 29.5. The highest BCUT2D eigenvalue weighted by Crippen LogP contribution is 2.31. The van der Waals surface area contributed by atoms with Crippen LogP contribution in [0.3, 0.4) is 0 Å². The SMILES string of the molecule is O=C(CCN(CCCN1CCOCC1)c1nc(-c2ccc(F)cc2)nc2ccccc12)Nc1cccc(C(F)(F)F)c1. The van der Waals surface area contributed by atoms with Crippen LogP contribution in [0, 0.1) is 5.82 Å². The number of amides is 1. The highest BCUT2D eigenvalue weighted by atomic mass is 19.4. The Labute approximate surface area is 241 Å². The number of benzene rings is 3. The fourth-order valence-electron chi connectivity index (χ4n) is 4.90. The van der Waals surface area contributed by atoms with Crippen molar-refractivity contribution >= 4 is 28.3 Å². The van der Waals surface area contributed by atoms with Crippen molar-refractivity contribution in [3.8, 4) is 11.4 Å². The maximum absolute atomic E-state index is 13.6. The molecule has 4 aromatic rings. The van der Waals surface area contributed by atoms with Gasteiger partial charge in [-0.05, 0) is 61.0 Å². The largest absolute Gasteiger partial charge is 0.416 e. The normalized spacial score (nSPS) is 14.2. The van der Waals surface area contributed by atoms with Crippen molar-refractivity contribution in [2.75, 3.05) is 56.2 Å². The van der Waals surface area contributed by atoms with Crippen LogP contribution in [0.2, 0.25) is 0 Å². The third-order valence-electron chi connectivity index (χ3n) is 7.07. The monoisotopic (exact) mass is 581 g/mol. The van der Waals surface area contributed by atoms with Gasteiger partial charge in [0.05, 0.1) is 24.3 Å². The first-order valence-electron chi connectivity index (χ1n) is 13.8. The summed E-state index contributed by atoms with van der Waals surface area (Å²) in [6.45, 7) is 4.78. The van der Waals surface area contributed by atoms with Crippen molar-refractivity contribution in [3.05, 3.63) is 84.2 Å². The first-order valence-corrected chi connectivity index (χ1v) is 13.8. The van der Waals surface area contributed by atoms with Gasteiger partial charge in [0, 0.05) is 55.8 Å². The zero-order valence-corrected chi connectivity index (χ0v) is 22.9. The number of carbonyl (C=O) groups excluding carboxylic acids is 1. The van der Waals surface area contributed by atoms with E-state index in [1.807, 2.05) is 29.2 Å². The van der Waals surface area contributed by atoms with Gasteiger partial charge in [0.15, 0.2) is 5.82 Å². The number of nitrogens with one attached hydrogen (secondary N) is 1. The third kappa shape index (κ3) is 7.59. The smallest absolute Gasteiger partial charge is 0.379 e. The molecule has 5 rings (SSSR count). The quantitative estimate of drug-likeness (QED) is 0.231. The van der Waals surface area contributed by atoms with Crippen LogP contribution in [-0.4, -0.2) is 66.7 Å². The molecular weight excluding hydrogens is 550 g/mol. The Balaban J connectivity index is 1.39. The second-order valence-corrected chi connectivity index (χ2v) is 10.1. The summed E-state index contributed by atoms with van der Waals surface area (Å²) in [5.74, 6) is 0.282. The number of halogens is 4. The van der Waals surface area contributed by atoms with Gasteiger partial charge in [-0.25, -0.2) is 14.4 Å². The molecule has 1 saturated heterocycles. The number of fused-ring (bicyclic) bond motifs is 1. The van der Waals surface area contributed by atoms with Crippen LogP contribution < -0.4 is 10.2 Å². The third-order valence-corrected chi connectivity index (χ3v) is 7.07. The van der Waals surface area contributed by atoms with Crippen LogP contribution in [0.25, 0.3) is 22.3 Å². The van der Waals surface area contributed by atoms with Gasteiger partial charge in [-0.3, -0.25) is 9.69 Å². The number of anilines is 2. The maximum Gasteiger partial charge on any atom is 0.416 e. The molecule has 0 aliphatic carbocycles. The van der Waals surface area contributed by atoms with Crippen molar-refractivity contribution in [2.24, 2.45) is 0 Å². The van der Waals surface area contributed by atoms with Gasteiger partial charge in [-0.2, -0.15) is 13.2 Å². The minimum atomic E-state index is -4.51. The predicted octanol–water partition coefficient (Wildman–Crippen LogP) is 6.01. The van der Waals surface area contributed by atoms with Crippen molar-refractivity contribution in [3.63, 3.8) is 0 Å². The molecule has 0 saturated carbocycles. The van der Waals surface area contributed by atoms with E-state index in [4.69, 9.17) is 14.7 Å². The van der Waals surface area contributed by atoms with Crippen LogP contribution >= 0.6 is 0 Å². The number of hydrogen-bond acceptors (Lipinski definition) is 6. The van der Waals surface area contributed by atoms with Crippen molar-refractivity contribution in [2.45, 2.75) is 19.0 Å². The van der Waals surface area contributed by atoms with Gasteiger partial charge >= 0.3 is 6.18 Å². The Morgan fingerprint density at radius 3 is 2.48 bits per heavy atom. The molecule has 7 nitrogen and oxygen atoms in total. The molecule has 1 aromatic heterocycles. The molecule has 1 fully saturated rings. The minimum absolute atomic E-state index is 0.0258. The number of para-hydroxylation sites is 1. The second kappa shape index (κ2) is 13.3. The summed E-state index contributed by atoms with van der Waals surface area (Å²) < 4.78 is 58.5.